The number of amides is 3. The van der Waals surface area contributed by atoms with E-state index in [1.807, 2.05) is 61.5 Å². The maximum absolute atomic E-state index is 13.0. The number of halogens is 1. The molecule has 0 aromatic heterocycles. The summed E-state index contributed by atoms with van der Waals surface area (Å²) in [5, 5.41) is 5.84. The van der Waals surface area contributed by atoms with Crippen molar-refractivity contribution in [1.29, 1.82) is 0 Å². The number of carbonyl (C=O) groups is 3. The maximum atomic E-state index is 13.0. The molecule has 6 nitrogen and oxygen atoms in total. The Kier molecular flexibility index (Phi) is 6.89. The molecule has 0 saturated carbocycles. The van der Waals surface area contributed by atoms with Crippen LogP contribution in [0, 0.1) is 5.92 Å². The first-order valence-corrected chi connectivity index (χ1v) is 11.5. The fourth-order valence-corrected chi connectivity index (χ4v) is 4.14. The van der Waals surface area contributed by atoms with Crippen molar-refractivity contribution in [2.75, 3.05) is 16.8 Å². The lowest BCUT2D eigenvalue weighted by molar-refractivity contribution is -0.122. The zero-order valence-corrected chi connectivity index (χ0v) is 19.7. The highest BCUT2D eigenvalue weighted by molar-refractivity contribution is 9.10. The molecule has 0 aliphatic carbocycles. The van der Waals surface area contributed by atoms with Gasteiger partial charge in [0.25, 0.3) is 5.91 Å². The molecule has 1 aliphatic rings. The van der Waals surface area contributed by atoms with Gasteiger partial charge in [-0.15, -0.1) is 0 Å². The van der Waals surface area contributed by atoms with Crippen LogP contribution in [0.25, 0.3) is 0 Å². The lowest BCUT2D eigenvalue weighted by atomic mass is 10.1. The van der Waals surface area contributed by atoms with E-state index in [9.17, 15) is 14.4 Å². The Morgan fingerprint density at radius 2 is 1.64 bits per heavy atom. The Labute approximate surface area is 201 Å². The molecule has 2 N–H and O–H groups in total. The summed E-state index contributed by atoms with van der Waals surface area (Å²) in [5.41, 5.74) is 2.55. The van der Waals surface area contributed by atoms with Crippen molar-refractivity contribution in [1.82, 2.24) is 5.32 Å². The second kappa shape index (κ2) is 10.0. The van der Waals surface area contributed by atoms with Crippen LogP contribution >= 0.6 is 15.9 Å². The summed E-state index contributed by atoms with van der Waals surface area (Å²) >= 11 is 3.39. The van der Waals surface area contributed by atoms with Gasteiger partial charge < -0.3 is 15.5 Å². The van der Waals surface area contributed by atoms with Crippen LogP contribution in [-0.2, 0) is 9.59 Å². The molecule has 3 aromatic rings. The number of hydrogen-bond acceptors (Lipinski definition) is 3. The van der Waals surface area contributed by atoms with Crippen LogP contribution in [0.15, 0.2) is 83.3 Å². The van der Waals surface area contributed by atoms with Crippen LogP contribution in [0.4, 0.5) is 11.4 Å². The minimum Gasteiger partial charge on any atom is -0.345 e. The number of para-hydroxylation sites is 1. The molecule has 3 amide bonds. The summed E-state index contributed by atoms with van der Waals surface area (Å²) in [6, 6.07) is 23.8. The van der Waals surface area contributed by atoms with Crippen molar-refractivity contribution < 1.29 is 14.4 Å². The van der Waals surface area contributed by atoms with Crippen LogP contribution in [0.2, 0.25) is 0 Å². The largest absolute Gasteiger partial charge is 0.345 e. The molecule has 7 heteroatoms. The smallest absolute Gasteiger partial charge is 0.253 e. The highest BCUT2D eigenvalue weighted by Crippen LogP contribution is 2.28. The molecule has 0 bridgehead atoms. The second-order valence-corrected chi connectivity index (χ2v) is 8.94. The quantitative estimate of drug-likeness (QED) is 0.498. The molecule has 2 unspecified atom stereocenters. The topological polar surface area (TPSA) is 78.5 Å². The van der Waals surface area contributed by atoms with E-state index in [2.05, 4.69) is 26.6 Å². The summed E-state index contributed by atoms with van der Waals surface area (Å²) in [6.45, 7) is 2.21. The first-order valence-electron chi connectivity index (χ1n) is 10.7. The van der Waals surface area contributed by atoms with Gasteiger partial charge in [-0.3, -0.25) is 14.4 Å². The Morgan fingerprint density at radius 1 is 0.970 bits per heavy atom. The second-order valence-electron chi connectivity index (χ2n) is 8.02. The van der Waals surface area contributed by atoms with Crippen LogP contribution in [0.5, 0.6) is 0 Å². The van der Waals surface area contributed by atoms with Crippen molar-refractivity contribution in [2.45, 2.75) is 19.4 Å². The van der Waals surface area contributed by atoms with E-state index in [1.54, 1.807) is 29.2 Å². The van der Waals surface area contributed by atoms with Gasteiger partial charge in [-0.1, -0.05) is 58.4 Å². The van der Waals surface area contributed by atoms with Gasteiger partial charge in [0, 0.05) is 23.1 Å². The molecule has 2 atom stereocenters. The molecule has 4 rings (SSSR count). The molecule has 0 spiro atoms. The normalized spacial score (nSPS) is 16.4. The summed E-state index contributed by atoms with van der Waals surface area (Å²) in [4.78, 5) is 40.1. The summed E-state index contributed by atoms with van der Waals surface area (Å²) in [7, 11) is 0. The van der Waals surface area contributed by atoms with Crippen molar-refractivity contribution in [2.24, 2.45) is 5.92 Å². The molecular weight excluding hydrogens is 482 g/mol. The van der Waals surface area contributed by atoms with E-state index >= 15 is 0 Å². The van der Waals surface area contributed by atoms with Gasteiger partial charge in [0.05, 0.1) is 23.2 Å². The monoisotopic (exact) mass is 505 g/mol. The minimum absolute atomic E-state index is 0.0970. The van der Waals surface area contributed by atoms with Gasteiger partial charge >= 0.3 is 0 Å². The number of nitrogens with zero attached hydrogens (tertiary/aromatic N) is 1. The molecule has 1 aliphatic heterocycles. The highest BCUT2D eigenvalue weighted by atomic mass is 79.9. The molecular formula is C26H24BrN3O3. The highest BCUT2D eigenvalue weighted by Gasteiger charge is 2.35. The predicted octanol–water partition coefficient (Wildman–Crippen LogP) is 4.93. The van der Waals surface area contributed by atoms with Crippen LogP contribution in [0.3, 0.4) is 0 Å². The van der Waals surface area contributed by atoms with Crippen molar-refractivity contribution >= 4 is 45.0 Å². The molecule has 33 heavy (non-hydrogen) atoms. The minimum atomic E-state index is -0.500. The molecule has 1 fully saturated rings. The third-order valence-electron chi connectivity index (χ3n) is 5.71. The van der Waals surface area contributed by atoms with Crippen LogP contribution in [0.1, 0.15) is 35.3 Å². The van der Waals surface area contributed by atoms with Crippen molar-refractivity contribution in [3.63, 3.8) is 0 Å². The lowest BCUT2D eigenvalue weighted by Gasteiger charge is -2.18. The number of carbonyl (C=O) groups excluding carboxylic acids is 3. The number of hydrogen-bond donors (Lipinski definition) is 2. The Bertz CT molecular complexity index is 1160. The lowest BCUT2D eigenvalue weighted by Crippen LogP contribution is -2.30. The maximum Gasteiger partial charge on any atom is 0.253 e. The number of benzene rings is 3. The molecule has 1 saturated heterocycles. The van der Waals surface area contributed by atoms with Gasteiger partial charge in [0.2, 0.25) is 11.8 Å². The predicted molar refractivity (Wildman–Crippen MR) is 132 cm³/mol. The van der Waals surface area contributed by atoms with Gasteiger partial charge in [-0.05, 0) is 48.9 Å². The first-order chi connectivity index (χ1) is 15.9. The summed E-state index contributed by atoms with van der Waals surface area (Å²) in [6.07, 6.45) is 0.126. The SMILES string of the molecule is CC(NC(=O)c1ccccc1NC(=O)C1CC(=O)N(c2ccc(Br)cc2)C1)c1ccccc1. The zero-order chi connectivity index (χ0) is 23.4. The number of nitrogens with one attached hydrogen (secondary N) is 2. The van der Waals surface area contributed by atoms with Gasteiger partial charge in [0.1, 0.15) is 0 Å². The Morgan fingerprint density at radius 3 is 2.36 bits per heavy atom. The first kappa shape index (κ1) is 22.7. The zero-order valence-electron chi connectivity index (χ0n) is 18.1. The van der Waals surface area contributed by atoms with Gasteiger partial charge in [-0.25, -0.2) is 0 Å². The Balaban J connectivity index is 1.44. The van der Waals surface area contributed by atoms with E-state index < -0.39 is 5.92 Å². The Hall–Kier alpha value is -3.45. The van der Waals surface area contributed by atoms with E-state index in [0.29, 0.717) is 17.8 Å². The fourth-order valence-electron chi connectivity index (χ4n) is 3.88. The van der Waals surface area contributed by atoms with Crippen molar-refractivity contribution in [3.05, 3.63) is 94.5 Å². The average Bonchev–Trinajstić information content (AvgIpc) is 3.22. The standard InChI is InChI=1S/C26H24BrN3O3/c1-17(18-7-3-2-4-8-18)28-26(33)22-9-5-6-10-23(22)29-25(32)19-15-24(31)30(16-19)21-13-11-20(27)12-14-21/h2-14,17,19H,15-16H2,1H3,(H,28,33)(H,29,32). The number of rotatable bonds is 6. The van der Waals surface area contributed by atoms with E-state index in [-0.39, 0.29) is 30.2 Å². The van der Waals surface area contributed by atoms with Crippen molar-refractivity contribution in [3.8, 4) is 0 Å². The van der Waals surface area contributed by atoms with Gasteiger partial charge in [-0.2, -0.15) is 0 Å². The molecule has 3 aromatic carbocycles. The van der Waals surface area contributed by atoms with Crippen LogP contribution < -0.4 is 15.5 Å². The molecule has 0 radical (unpaired) electrons. The van der Waals surface area contributed by atoms with Gasteiger partial charge in [0.15, 0.2) is 0 Å². The molecule has 168 valence electrons. The summed E-state index contributed by atoms with van der Waals surface area (Å²) < 4.78 is 0.920. The number of anilines is 2. The fraction of sp³-hybridized carbons (Fsp3) is 0.192. The van der Waals surface area contributed by atoms with E-state index in [4.69, 9.17) is 0 Å². The van der Waals surface area contributed by atoms with Crippen LogP contribution in [-0.4, -0.2) is 24.3 Å². The third-order valence-corrected chi connectivity index (χ3v) is 6.24. The van der Waals surface area contributed by atoms with E-state index in [1.165, 1.54) is 0 Å². The summed E-state index contributed by atoms with van der Waals surface area (Å²) in [5.74, 6) is -1.15. The average molecular weight is 506 g/mol. The molecule has 1 heterocycles. The third kappa shape index (κ3) is 5.31. The van der Waals surface area contributed by atoms with E-state index in [0.717, 1.165) is 15.7 Å².